The molecule has 0 radical (unpaired) electrons. The average molecular weight is 268 g/mol. The molecule has 4 heteroatoms. The summed E-state index contributed by atoms with van der Waals surface area (Å²) in [6.45, 7) is 1.02. The van der Waals surface area contributed by atoms with Crippen molar-refractivity contribution in [1.29, 1.82) is 0 Å². The fourth-order valence-electron chi connectivity index (χ4n) is 2.42. The maximum absolute atomic E-state index is 12.0. The zero-order valence-electron chi connectivity index (χ0n) is 11.1. The predicted octanol–water partition coefficient (Wildman–Crippen LogP) is 2.24. The summed E-state index contributed by atoms with van der Waals surface area (Å²) in [5.74, 6) is 0.916. The van der Waals surface area contributed by atoms with Crippen LogP contribution < -0.4 is 15.4 Å². The fraction of sp³-hybridized carbons (Fsp3) is 0.188. The van der Waals surface area contributed by atoms with Gasteiger partial charge in [-0.05, 0) is 35.9 Å². The summed E-state index contributed by atoms with van der Waals surface area (Å²) in [7, 11) is 0. The molecule has 1 aliphatic rings. The van der Waals surface area contributed by atoms with Crippen LogP contribution in [0.4, 0.5) is 11.4 Å². The average Bonchev–Trinajstić information content (AvgIpc) is 2.75. The van der Waals surface area contributed by atoms with Crippen molar-refractivity contribution in [3.05, 3.63) is 54.1 Å². The Morgan fingerprint density at radius 2 is 1.95 bits per heavy atom. The van der Waals surface area contributed by atoms with Gasteiger partial charge in [-0.1, -0.05) is 18.2 Å². The standard InChI is InChI=1S/C16H16N2O2/c17-13-6-7-15-12(10-13)11-16(19)18(15)8-9-20-14-4-2-1-3-5-14/h1-7,10H,8-9,11,17H2. The highest BCUT2D eigenvalue weighted by Gasteiger charge is 2.26. The summed E-state index contributed by atoms with van der Waals surface area (Å²) in [4.78, 5) is 13.8. The third-order valence-corrected chi connectivity index (χ3v) is 3.36. The molecule has 2 aromatic carbocycles. The van der Waals surface area contributed by atoms with Crippen LogP contribution in [0, 0.1) is 0 Å². The second kappa shape index (κ2) is 5.25. The summed E-state index contributed by atoms with van der Waals surface area (Å²) < 4.78 is 5.64. The second-order valence-electron chi connectivity index (χ2n) is 4.77. The molecule has 0 fully saturated rings. The van der Waals surface area contributed by atoms with Gasteiger partial charge in [-0.25, -0.2) is 0 Å². The van der Waals surface area contributed by atoms with Gasteiger partial charge in [-0.15, -0.1) is 0 Å². The molecule has 0 atom stereocenters. The topological polar surface area (TPSA) is 55.6 Å². The second-order valence-corrected chi connectivity index (χ2v) is 4.77. The van der Waals surface area contributed by atoms with E-state index in [0.29, 0.717) is 25.3 Å². The smallest absolute Gasteiger partial charge is 0.231 e. The first-order valence-corrected chi connectivity index (χ1v) is 6.60. The number of amides is 1. The van der Waals surface area contributed by atoms with Gasteiger partial charge in [-0.3, -0.25) is 4.79 Å². The Morgan fingerprint density at radius 1 is 1.15 bits per heavy atom. The number of hydrogen-bond donors (Lipinski definition) is 1. The van der Waals surface area contributed by atoms with Crippen molar-refractivity contribution in [3.8, 4) is 5.75 Å². The van der Waals surface area contributed by atoms with Crippen molar-refractivity contribution < 1.29 is 9.53 Å². The Morgan fingerprint density at radius 3 is 2.75 bits per heavy atom. The number of anilines is 2. The van der Waals surface area contributed by atoms with Crippen molar-refractivity contribution in [2.24, 2.45) is 0 Å². The Labute approximate surface area is 117 Å². The molecule has 0 aromatic heterocycles. The van der Waals surface area contributed by atoms with E-state index in [1.165, 1.54) is 0 Å². The van der Waals surface area contributed by atoms with E-state index in [4.69, 9.17) is 10.5 Å². The largest absolute Gasteiger partial charge is 0.492 e. The maximum atomic E-state index is 12.0. The van der Waals surface area contributed by atoms with Gasteiger partial charge < -0.3 is 15.4 Å². The number of rotatable bonds is 4. The Bertz CT molecular complexity index is 626. The van der Waals surface area contributed by atoms with Crippen molar-refractivity contribution in [2.75, 3.05) is 23.8 Å². The fourth-order valence-corrected chi connectivity index (χ4v) is 2.42. The molecule has 2 aromatic rings. The Hall–Kier alpha value is -2.49. The van der Waals surface area contributed by atoms with E-state index in [9.17, 15) is 4.79 Å². The molecule has 102 valence electrons. The maximum Gasteiger partial charge on any atom is 0.231 e. The van der Waals surface area contributed by atoms with Gasteiger partial charge in [0.1, 0.15) is 12.4 Å². The van der Waals surface area contributed by atoms with E-state index in [-0.39, 0.29) is 5.91 Å². The predicted molar refractivity (Wildman–Crippen MR) is 78.8 cm³/mol. The number of nitrogens with two attached hydrogens (primary N) is 1. The van der Waals surface area contributed by atoms with Crippen LogP contribution in [0.3, 0.4) is 0 Å². The van der Waals surface area contributed by atoms with E-state index < -0.39 is 0 Å². The van der Waals surface area contributed by atoms with Gasteiger partial charge in [0.2, 0.25) is 5.91 Å². The summed E-state index contributed by atoms with van der Waals surface area (Å²) in [5, 5.41) is 0. The normalized spacial score (nSPS) is 13.4. The molecule has 2 N–H and O–H groups in total. The summed E-state index contributed by atoms with van der Waals surface area (Å²) >= 11 is 0. The molecule has 0 saturated carbocycles. The highest BCUT2D eigenvalue weighted by molar-refractivity contribution is 6.01. The van der Waals surface area contributed by atoms with E-state index in [1.54, 1.807) is 4.90 Å². The van der Waals surface area contributed by atoms with Crippen LogP contribution in [0.5, 0.6) is 5.75 Å². The number of nitrogens with zero attached hydrogens (tertiary/aromatic N) is 1. The minimum Gasteiger partial charge on any atom is -0.492 e. The van der Waals surface area contributed by atoms with Crippen LogP contribution in [0.1, 0.15) is 5.56 Å². The monoisotopic (exact) mass is 268 g/mol. The van der Waals surface area contributed by atoms with Gasteiger partial charge in [0.25, 0.3) is 0 Å². The van der Waals surface area contributed by atoms with Gasteiger partial charge >= 0.3 is 0 Å². The lowest BCUT2D eigenvalue weighted by Crippen LogP contribution is -2.31. The third kappa shape index (κ3) is 2.45. The number of carbonyl (C=O) groups excluding carboxylic acids is 1. The van der Waals surface area contributed by atoms with Gasteiger partial charge in [0, 0.05) is 11.4 Å². The number of carbonyl (C=O) groups is 1. The van der Waals surface area contributed by atoms with Crippen molar-refractivity contribution in [3.63, 3.8) is 0 Å². The quantitative estimate of drug-likeness (QED) is 0.865. The third-order valence-electron chi connectivity index (χ3n) is 3.36. The number of ether oxygens (including phenoxy) is 1. The molecule has 0 aliphatic carbocycles. The first-order valence-electron chi connectivity index (χ1n) is 6.60. The molecular formula is C16H16N2O2. The highest BCUT2D eigenvalue weighted by Crippen LogP contribution is 2.30. The van der Waals surface area contributed by atoms with Crippen LogP contribution in [-0.4, -0.2) is 19.1 Å². The summed E-state index contributed by atoms with van der Waals surface area (Å²) in [5.41, 5.74) is 8.38. The first kappa shape index (κ1) is 12.5. The molecule has 3 rings (SSSR count). The van der Waals surface area contributed by atoms with Crippen LogP contribution in [0.15, 0.2) is 48.5 Å². The van der Waals surface area contributed by atoms with Crippen LogP contribution in [0.25, 0.3) is 0 Å². The lowest BCUT2D eigenvalue weighted by molar-refractivity contribution is -0.117. The zero-order chi connectivity index (χ0) is 13.9. The minimum atomic E-state index is 0.0993. The number of benzene rings is 2. The summed E-state index contributed by atoms with van der Waals surface area (Å²) in [6, 6.07) is 15.2. The van der Waals surface area contributed by atoms with Crippen molar-refractivity contribution in [2.45, 2.75) is 6.42 Å². The number of fused-ring (bicyclic) bond motifs is 1. The van der Waals surface area contributed by atoms with Crippen LogP contribution >= 0.6 is 0 Å². The molecule has 0 bridgehead atoms. The lowest BCUT2D eigenvalue weighted by Gasteiger charge is -2.17. The first-order chi connectivity index (χ1) is 9.74. The van der Waals surface area contributed by atoms with Gasteiger partial charge in [-0.2, -0.15) is 0 Å². The number of nitrogen functional groups attached to an aromatic ring is 1. The molecule has 0 unspecified atom stereocenters. The van der Waals surface area contributed by atoms with E-state index in [0.717, 1.165) is 17.0 Å². The molecular weight excluding hydrogens is 252 g/mol. The van der Waals surface area contributed by atoms with Crippen molar-refractivity contribution >= 4 is 17.3 Å². The van der Waals surface area contributed by atoms with Crippen LogP contribution in [-0.2, 0) is 11.2 Å². The minimum absolute atomic E-state index is 0.0993. The van der Waals surface area contributed by atoms with E-state index in [1.807, 2.05) is 48.5 Å². The molecule has 0 saturated heterocycles. The molecule has 20 heavy (non-hydrogen) atoms. The SMILES string of the molecule is Nc1ccc2c(c1)CC(=O)N2CCOc1ccccc1. The zero-order valence-corrected chi connectivity index (χ0v) is 11.1. The molecule has 1 amide bonds. The summed E-state index contributed by atoms with van der Waals surface area (Å²) in [6.07, 6.45) is 0.422. The van der Waals surface area contributed by atoms with Crippen molar-refractivity contribution in [1.82, 2.24) is 0 Å². The van der Waals surface area contributed by atoms with E-state index >= 15 is 0 Å². The molecule has 1 heterocycles. The van der Waals surface area contributed by atoms with Gasteiger partial charge in [0.05, 0.1) is 13.0 Å². The highest BCUT2D eigenvalue weighted by atomic mass is 16.5. The van der Waals surface area contributed by atoms with Gasteiger partial charge in [0.15, 0.2) is 0 Å². The molecule has 4 nitrogen and oxygen atoms in total. The number of hydrogen-bond acceptors (Lipinski definition) is 3. The Kier molecular flexibility index (Phi) is 3.29. The van der Waals surface area contributed by atoms with E-state index in [2.05, 4.69) is 0 Å². The Balaban J connectivity index is 1.65. The molecule has 0 spiro atoms. The molecule has 1 aliphatic heterocycles. The lowest BCUT2D eigenvalue weighted by atomic mass is 10.1. The van der Waals surface area contributed by atoms with Crippen LogP contribution in [0.2, 0.25) is 0 Å². The number of para-hydroxylation sites is 1.